The van der Waals surface area contributed by atoms with Crippen molar-refractivity contribution in [2.45, 2.75) is 12.5 Å². The first-order chi connectivity index (χ1) is 6.18. The molecule has 1 aliphatic rings. The lowest BCUT2D eigenvalue weighted by Crippen LogP contribution is -2.36. The highest BCUT2D eigenvalue weighted by molar-refractivity contribution is 6.30. The summed E-state index contributed by atoms with van der Waals surface area (Å²) in [5.41, 5.74) is 0.107. The van der Waals surface area contributed by atoms with Gasteiger partial charge in [-0.2, -0.15) is 0 Å². The second kappa shape index (κ2) is 3.24. The smallest absolute Gasteiger partial charge is 0.132 e. The van der Waals surface area contributed by atoms with Crippen LogP contribution in [-0.4, -0.2) is 6.54 Å². The first-order valence-electron chi connectivity index (χ1n) is 4.06. The maximum atomic E-state index is 13.2. The minimum Gasteiger partial charge on any atom is -0.310 e. The molecule has 0 saturated carbocycles. The highest BCUT2D eigenvalue weighted by atomic mass is 35.5. The summed E-state index contributed by atoms with van der Waals surface area (Å²) in [7, 11) is 0. The molecule has 70 valence electrons. The fourth-order valence-electron chi connectivity index (χ4n) is 1.42. The molecule has 1 aromatic carbocycles. The first kappa shape index (κ1) is 8.91. The molecule has 1 heterocycles. The number of halogens is 3. The van der Waals surface area contributed by atoms with Crippen molar-refractivity contribution < 1.29 is 8.78 Å². The molecule has 1 atom stereocenters. The molecule has 0 bridgehead atoms. The van der Waals surface area contributed by atoms with Gasteiger partial charge in [0.2, 0.25) is 0 Å². The molecule has 0 aliphatic carbocycles. The zero-order valence-corrected chi connectivity index (χ0v) is 7.54. The van der Waals surface area contributed by atoms with E-state index in [4.69, 9.17) is 11.6 Å². The van der Waals surface area contributed by atoms with E-state index in [1.54, 1.807) is 0 Å². The summed E-state index contributed by atoms with van der Waals surface area (Å²) in [6, 6.07) is 2.09. The third-order valence-corrected chi connectivity index (χ3v) is 2.43. The standard InChI is InChI=1S/C9H8ClF2N/c10-5-3-6(11)9(7(12)4-5)8-1-2-13-8/h3-4,8,13H,1-2H2/t8-/m0/s1. The predicted molar refractivity (Wildman–Crippen MR) is 46.7 cm³/mol. The van der Waals surface area contributed by atoms with Gasteiger partial charge in [0.05, 0.1) is 0 Å². The zero-order chi connectivity index (χ0) is 9.42. The van der Waals surface area contributed by atoms with Crippen molar-refractivity contribution >= 4 is 11.6 Å². The Morgan fingerprint density at radius 2 is 1.85 bits per heavy atom. The van der Waals surface area contributed by atoms with Gasteiger partial charge in [0, 0.05) is 16.6 Å². The molecule has 0 unspecified atom stereocenters. The van der Waals surface area contributed by atoms with Crippen LogP contribution in [0.25, 0.3) is 0 Å². The van der Waals surface area contributed by atoms with Crippen LogP contribution in [-0.2, 0) is 0 Å². The largest absolute Gasteiger partial charge is 0.310 e. The number of hydrogen-bond donors (Lipinski definition) is 1. The van der Waals surface area contributed by atoms with Gasteiger partial charge in [0.15, 0.2) is 0 Å². The third kappa shape index (κ3) is 1.54. The van der Waals surface area contributed by atoms with Crippen LogP contribution >= 0.6 is 11.6 Å². The van der Waals surface area contributed by atoms with Crippen LogP contribution in [0.4, 0.5) is 8.78 Å². The van der Waals surface area contributed by atoms with Crippen LogP contribution in [0.5, 0.6) is 0 Å². The van der Waals surface area contributed by atoms with E-state index in [1.807, 2.05) is 0 Å². The molecule has 4 heteroatoms. The number of nitrogens with one attached hydrogen (secondary N) is 1. The van der Waals surface area contributed by atoms with Gasteiger partial charge in [-0.25, -0.2) is 8.78 Å². The van der Waals surface area contributed by atoms with Crippen molar-refractivity contribution in [3.8, 4) is 0 Å². The summed E-state index contributed by atoms with van der Waals surface area (Å²) < 4.78 is 26.4. The minimum atomic E-state index is -0.567. The van der Waals surface area contributed by atoms with Crippen LogP contribution < -0.4 is 5.32 Å². The lowest BCUT2D eigenvalue weighted by atomic mass is 9.97. The molecule has 0 radical (unpaired) electrons. The average molecular weight is 204 g/mol. The second-order valence-electron chi connectivity index (χ2n) is 3.08. The summed E-state index contributed by atoms with van der Waals surface area (Å²) in [4.78, 5) is 0. The van der Waals surface area contributed by atoms with Crippen LogP contribution in [0.3, 0.4) is 0 Å². The Morgan fingerprint density at radius 1 is 1.31 bits per heavy atom. The van der Waals surface area contributed by atoms with Gasteiger partial charge in [-0.15, -0.1) is 0 Å². The highest BCUT2D eigenvalue weighted by Crippen LogP contribution is 2.29. The molecule has 0 aromatic heterocycles. The maximum Gasteiger partial charge on any atom is 0.132 e. The predicted octanol–water partition coefficient (Wildman–Crippen LogP) is 2.65. The van der Waals surface area contributed by atoms with Crippen molar-refractivity contribution in [3.63, 3.8) is 0 Å². The molecular formula is C9H8ClF2N. The van der Waals surface area contributed by atoms with Gasteiger partial charge in [-0.1, -0.05) is 11.6 Å². The Morgan fingerprint density at radius 3 is 2.23 bits per heavy atom. The molecular weight excluding hydrogens is 196 g/mol. The van der Waals surface area contributed by atoms with Gasteiger partial charge < -0.3 is 5.32 Å². The van der Waals surface area contributed by atoms with E-state index in [0.717, 1.165) is 25.1 Å². The summed E-state index contributed by atoms with van der Waals surface area (Å²) in [5.74, 6) is -1.13. The Kier molecular flexibility index (Phi) is 2.22. The lowest BCUT2D eigenvalue weighted by molar-refractivity contribution is 0.356. The van der Waals surface area contributed by atoms with Gasteiger partial charge >= 0.3 is 0 Å². The monoisotopic (exact) mass is 203 g/mol. The average Bonchev–Trinajstić information content (AvgIpc) is 1.92. The molecule has 1 aromatic rings. The molecule has 0 spiro atoms. The molecule has 1 saturated heterocycles. The van der Waals surface area contributed by atoms with Gasteiger partial charge in [0.25, 0.3) is 0 Å². The summed E-state index contributed by atoms with van der Waals surface area (Å²) in [6.45, 7) is 0.812. The lowest BCUT2D eigenvalue weighted by Gasteiger charge is -2.28. The van der Waals surface area contributed by atoms with Crippen molar-refractivity contribution in [1.82, 2.24) is 5.32 Å². The van der Waals surface area contributed by atoms with E-state index in [1.165, 1.54) is 0 Å². The summed E-state index contributed by atoms with van der Waals surface area (Å²) in [5, 5.41) is 3.04. The first-order valence-corrected chi connectivity index (χ1v) is 4.44. The Hall–Kier alpha value is -0.670. The molecule has 1 N–H and O–H groups in total. The van der Waals surface area contributed by atoms with Crippen LogP contribution in [0.1, 0.15) is 18.0 Å². The van der Waals surface area contributed by atoms with Crippen LogP contribution in [0.15, 0.2) is 12.1 Å². The van der Waals surface area contributed by atoms with E-state index < -0.39 is 11.6 Å². The van der Waals surface area contributed by atoms with E-state index in [9.17, 15) is 8.78 Å². The van der Waals surface area contributed by atoms with E-state index in [2.05, 4.69) is 5.32 Å². The Bertz CT molecular complexity index is 313. The van der Waals surface area contributed by atoms with Gasteiger partial charge in [0.1, 0.15) is 11.6 Å². The quantitative estimate of drug-likeness (QED) is 0.740. The number of hydrogen-bond acceptors (Lipinski definition) is 1. The third-order valence-electron chi connectivity index (χ3n) is 2.22. The van der Waals surface area contributed by atoms with Crippen LogP contribution in [0.2, 0.25) is 5.02 Å². The minimum absolute atomic E-state index is 0.0954. The maximum absolute atomic E-state index is 13.2. The molecule has 1 aliphatic heterocycles. The summed E-state index contributed by atoms with van der Waals surface area (Å²) in [6.07, 6.45) is 0.773. The summed E-state index contributed by atoms with van der Waals surface area (Å²) >= 11 is 5.49. The van der Waals surface area contributed by atoms with Crippen molar-refractivity contribution in [3.05, 3.63) is 34.4 Å². The van der Waals surface area contributed by atoms with E-state index >= 15 is 0 Å². The molecule has 1 nitrogen and oxygen atoms in total. The Balaban J connectivity index is 2.43. The van der Waals surface area contributed by atoms with Crippen LogP contribution in [0, 0.1) is 11.6 Å². The number of rotatable bonds is 1. The normalized spacial score (nSPS) is 21.3. The zero-order valence-electron chi connectivity index (χ0n) is 6.78. The second-order valence-corrected chi connectivity index (χ2v) is 3.51. The van der Waals surface area contributed by atoms with E-state index in [0.29, 0.717) is 0 Å². The molecule has 0 amide bonds. The van der Waals surface area contributed by atoms with Crippen molar-refractivity contribution in [1.29, 1.82) is 0 Å². The highest BCUT2D eigenvalue weighted by Gasteiger charge is 2.25. The fraction of sp³-hybridized carbons (Fsp3) is 0.333. The fourth-order valence-corrected chi connectivity index (χ4v) is 1.61. The molecule has 2 rings (SSSR count). The van der Waals surface area contributed by atoms with Crippen molar-refractivity contribution in [2.24, 2.45) is 0 Å². The topological polar surface area (TPSA) is 12.0 Å². The molecule has 1 fully saturated rings. The number of benzene rings is 1. The van der Waals surface area contributed by atoms with Gasteiger partial charge in [-0.3, -0.25) is 0 Å². The Labute approximate surface area is 79.7 Å². The van der Waals surface area contributed by atoms with Crippen molar-refractivity contribution in [2.75, 3.05) is 6.54 Å². The van der Waals surface area contributed by atoms with Gasteiger partial charge in [-0.05, 0) is 25.1 Å². The SMILES string of the molecule is Fc1cc(Cl)cc(F)c1[C@@H]1CCN1. The van der Waals surface area contributed by atoms with E-state index in [-0.39, 0.29) is 16.6 Å². The molecule has 13 heavy (non-hydrogen) atoms.